The second-order valence-corrected chi connectivity index (χ2v) is 4.28. The number of aromatic nitrogens is 6. The molecule has 0 unspecified atom stereocenters. The van der Waals surface area contributed by atoms with Crippen molar-refractivity contribution in [3.63, 3.8) is 0 Å². The monoisotopic (exact) mass is 235 g/mol. The van der Waals surface area contributed by atoms with Crippen molar-refractivity contribution in [3.8, 4) is 11.5 Å². The summed E-state index contributed by atoms with van der Waals surface area (Å²) in [5.41, 5.74) is 7.39. The zero-order valence-electron chi connectivity index (χ0n) is 8.51. The summed E-state index contributed by atoms with van der Waals surface area (Å²) >= 11 is 1.30. The number of nitrogens with two attached hydrogens (primary N) is 1. The molecule has 16 heavy (non-hydrogen) atoms. The van der Waals surface area contributed by atoms with Crippen LogP contribution in [0.15, 0.2) is 6.07 Å². The van der Waals surface area contributed by atoms with Crippen LogP contribution in [0.3, 0.4) is 0 Å². The molecule has 82 valence electrons. The van der Waals surface area contributed by atoms with Crippen LogP contribution in [0.1, 0.15) is 12.6 Å². The molecule has 0 saturated carbocycles. The summed E-state index contributed by atoms with van der Waals surface area (Å²) in [6, 6.07) is 1.94. The van der Waals surface area contributed by atoms with E-state index in [9.17, 15) is 0 Å². The van der Waals surface area contributed by atoms with Crippen molar-refractivity contribution in [2.75, 3.05) is 5.73 Å². The lowest BCUT2D eigenvalue weighted by Gasteiger charge is -1.87. The molecule has 0 aliphatic rings. The van der Waals surface area contributed by atoms with E-state index in [4.69, 9.17) is 5.73 Å². The molecule has 3 heterocycles. The van der Waals surface area contributed by atoms with Crippen molar-refractivity contribution in [1.82, 2.24) is 30.0 Å². The number of nitrogens with one attached hydrogen (secondary N) is 1. The fourth-order valence-corrected chi connectivity index (χ4v) is 2.05. The molecule has 8 heteroatoms. The highest BCUT2D eigenvalue weighted by Gasteiger charge is 2.14. The fourth-order valence-electron chi connectivity index (χ4n) is 1.45. The maximum atomic E-state index is 5.60. The number of aromatic amines is 1. The van der Waals surface area contributed by atoms with E-state index in [0.29, 0.717) is 15.9 Å². The van der Waals surface area contributed by atoms with E-state index in [-0.39, 0.29) is 0 Å². The highest BCUT2D eigenvalue weighted by molar-refractivity contribution is 7.20. The molecule has 0 atom stereocenters. The number of nitrogens with zero attached hydrogens (tertiary/aromatic N) is 5. The van der Waals surface area contributed by atoms with Crippen LogP contribution in [0.5, 0.6) is 0 Å². The Labute approximate surface area is 94.3 Å². The molecule has 3 N–H and O–H groups in total. The first-order valence-corrected chi connectivity index (χ1v) is 5.62. The molecule has 0 spiro atoms. The van der Waals surface area contributed by atoms with E-state index in [0.717, 1.165) is 17.8 Å². The zero-order chi connectivity index (χ0) is 11.1. The zero-order valence-corrected chi connectivity index (χ0v) is 9.32. The Morgan fingerprint density at radius 2 is 2.38 bits per heavy atom. The van der Waals surface area contributed by atoms with Gasteiger partial charge < -0.3 is 5.73 Å². The summed E-state index contributed by atoms with van der Waals surface area (Å²) in [7, 11) is 0. The molecule has 0 fully saturated rings. The van der Waals surface area contributed by atoms with Crippen LogP contribution >= 0.6 is 11.3 Å². The van der Waals surface area contributed by atoms with Crippen molar-refractivity contribution in [2.45, 2.75) is 13.3 Å². The minimum atomic E-state index is 0.470. The molecule has 0 aromatic carbocycles. The highest BCUT2D eigenvalue weighted by Crippen LogP contribution is 2.21. The van der Waals surface area contributed by atoms with Crippen molar-refractivity contribution >= 4 is 21.4 Å². The van der Waals surface area contributed by atoms with Gasteiger partial charge in [-0.1, -0.05) is 18.3 Å². The molecule has 3 aromatic heterocycles. The van der Waals surface area contributed by atoms with Gasteiger partial charge in [0.15, 0.2) is 0 Å². The standard InChI is InChI=1S/C8H9N7S/c1-2-4-3-5(11-10-4)6-12-13-8-15(6)14-7(9)16-8/h3H,2H2,1H3,(H2,9,14)(H,10,11). The lowest BCUT2D eigenvalue weighted by Crippen LogP contribution is -1.92. The van der Waals surface area contributed by atoms with E-state index in [2.05, 4.69) is 32.4 Å². The number of hydrogen-bond donors (Lipinski definition) is 2. The van der Waals surface area contributed by atoms with Gasteiger partial charge in [0.1, 0.15) is 5.69 Å². The maximum absolute atomic E-state index is 5.60. The molecule has 3 rings (SSSR count). The van der Waals surface area contributed by atoms with Gasteiger partial charge in [-0.25, -0.2) is 0 Å². The molecule has 3 aromatic rings. The second-order valence-electron chi connectivity index (χ2n) is 3.29. The van der Waals surface area contributed by atoms with Crippen molar-refractivity contribution in [3.05, 3.63) is 11.8 Å². The molecule has 0 bridgehead atoms. The summed E-state index contributed by atoms with van der Waals surface area (Å²) in [5, 5.41) is 19.7. The van der Waals surface area contributed by atoms with Crippen LogP contribution in [-0.2, 0) is 6.42 Å². The SMILES string of the molecule is CCc1cc(-c2nnc3sc(N)nn23)n[nH]1. The molecule has 0 saturated heterocycles. The molecular formula is C8H9N7S. The van der Waals surface area contributed by atoms with E-state index in [1.807, 2.05) is 6.07 Å². The first kappa shape index (κ1) is 9.28. The third-order valence-electron chi connectivity index (χ3n) is 2.25. The van der Waals surface area contributed by atoms with Crippen LogP contribution in [0.2, 0.25) is 0 Å². The Balaban J connectivity index is 2.17. The summed E-state index contributed by atoms with van der Waals surface area (Å²) < 4.78 is 1.61. The normalized spacial score (nSPS) is 11.3. The van der Waals surface area contributed by atoms with Crippen LogP contribution in [0.25, 0.3) is 16.5 Å². The van der Waals surface area contributed by atoms with E-state index in [1.54, 1.807) is 4.52 Å². The Hall–Kier alpha value is -1.96. The molecule has 0 amide bonds. The Morgan fingerprint density at radius 3 is 3.12 bits per heavy atom. The Bertz CT molecular complexity index is 634. The van der Waals surface area contributed by atoms with Gasteiger partial charge in [0, 0.05) is 5.69 Å². The van der Waals surface area contributed by atoms with E-state index in [1.165, 1.54) is 11.3 Å². The third kappa shape index (κ3) is 1.27. The molecule has 7 nitrogen and oxygen atoms in total. The average Bonchev–Trinajstić information content (AvgIpc) is 2.91. The summed E-state index contributed by atoms with van der Waals surface area (Å²) in [4.78, 5) is 0.675. The van der Waals surface area contributed by atoms with Gasteiger partial charge in [-0.05, 0) is 12.5 Å². The summed E-state index contributed by atoms with van der Waals surface area (Å²) in [6.07, 6.45) is 0.897. The quantitative estimate of drug-likeness (QED) is 0.682. The number of aryl methyl sites for hydroxylation is 1. The smallest absolute Gasteiger partial charge is 0.236 e. The van der Waals surface area contributed by atoms with Crippen molar-refractivity contribution < 1.29 is 0 Å². The largest absolute Gasteiger partial charge is 0.374 e. The topological polar surface area (TPSA) is 97.8 Å². The molecule has 0 aliphatic carbocycles. The first-order valence-electron chi connectivity index (χ1n) is 4.80. The van der Waals surface area contributed by atoms with Crippen LogP contribution < -0.4 is 5.73 Å². The lowest BCUT2D eigenvalue weighted by molar-refractivity contribution is 0.944. The van der Waals surface area contributed by atoms with Crippen molar-refractivity contribution in [1.29, 1.82) is 0 Å². The van der Waals surface area contributed by atoms with Gasteiger partial charge in [-0.3, -0.25) is 5.10 Å². The van der Waals surface area contributed by atoms with Gasteiger partial charge in [-0.15, -0.1) is 15.3 Å². The summed E-state index contributed by atoms with van der Waals surface area (Å²) in [5.74, 6) is 0.610. The number of nitrogen functional groups attached to an aromatic ring is 1. The second kappa shape index (κ2) is 3.27. The predicted octanol–water partition coefficient (Wildman–Crippen LogP) is 0.721. The third-order valence-corrected chi connectivity index (χ3v) is 2.98. The minimum Gasteiger partial charge on any atom is -0.374 e. The van der Waals surface area contributed by atoms with Gasteiger partial charge in [-0.2, -0.15) is 9.61 Å². The first-order chi connectivity index (χ1) is 7.78. The number of hydrogen-bond acceptors (Lipinski definition) is 6. The van der Waals surface area contributed by atoms with Crippen molar-refractivity contribution in [2.24, 2.45) is 0 Å². The van der Waals surface area contributed by atoms with E-state index < -0.39 is 0 Å². The van der Waals surface area contributed by atoms with Gasteiger partial charge in [0.25, 0.3) is 0 Å². The lowest BCUT2D eigenvalue weighted by atomic mass is 10.3. The number of anilines is 1. The van der Waals surface area contributed by atoms with Gasteiger partial charge >= 0.3 is 0 Å². The number of fused-ring (bicyclic) bond motifs is 1. The van der Waals surface area contributed by atoms with Gasteiger partial charge in [0.2, 0.25) is 15.9 Å². The molecule has 0 aliphatic heterocycles. The average molecular weight is 235 g/mol. The Morgan fingerprint density at radius 1 is 1.50 bits per heavy atom. The molecule has 0 radical (unpaired) electrons. The highest BCUT2D eigenvalue weighted by atomic mass is 32.1. The Kier molecular flexibility index (Phi) is 1.90. The number of H-pyrrole nitrogens is 1. The summed E-state index contributed by atoms with van der Waals surface area (Å²) in [6.45, 7) is 2.05. The maximum Gasteiger partial charge on any atom is 0.236 e. The minimum absolute atomic E-state index is 0.470. The molecular weight excluding hydrogens is 226 g/mol. The predicted molar refractivity (Wildman–Crippen MR) is 60.0 cm³/mol. The van der Waals surface area contributed by atoms with Gasteiger partial charge in [0.05, 0.1) is 0 Å². The van der Waals surface area contributed by atoms with Crippen LogP contribution in [0, 0.1) is 0 Å². The van der Waals surface area contributed by atoms with Crippen LogP contribution in [-0.4, -0.2) is 30.0 Å². The van der Waals surface area contributed by atoms with E-state index >= 15 is 0 Å². The fraction of sp³-hybridized carbons (Fsp3) is 0.250. The number of rotatable bonds is 2. The van der Waals surface area contributed by atoms with Crippen LogP contribution in [0.4, 0.5) is 5.13 Å².